The van der Waals surface area contributed by atoms with Crippen LogP contribution in [0.2, 0.25) is 0 Å². The largest absolute Gasteiger partial charge is 0.460 e. The lowest BCUT2D eigenvalue weighted by Gasteiger charge is -2.25. The first-order valence-corrected chi connectivity index (χ1v) is 8.05. The second kappa shape index (κ2) is 9.56. The zero-order valence-corrected chi connectivity index (χ0v) is 15.0. The van der Waals surface area contributed by atoms with Crippen LogP contribution < -0.4 is 16.4 Å². The van der Waals surface area contributed by atoms with Gasteiger partial charge in [-0.3, -0.25) is 5.32 Å². The van der Waals surface area contributed by atoms with E-state index >= 15 is 0 Å². The molecule has 0 saturated carbocycles. The van der Waals surface area contributed by atoms with Crippen LogP contribution in [0, 0.1) is 0 Å². The number of nitrogens with zero attached hydrogens (tertiary/aromatic N) is 1. The maximum Gasteiger partial charge on any atom is 0.421 e. The van der Waals surface area contributed by atoms with E-state index in [9.17, 15) is 19.2 Å². The van der Waals surface area contributed by atoms with E-state index in [1.165, 1.54) is 20.0 Å². The Labute approximate surface area is 151 Å². The molecular weight excluding hydrogens is 344 g/mol. The molecule has 10 heteroatoms. The standard InChI is InChI=1S/C16H24N4O6/c1-11(2)13(21)26-9-7-20(6-4-19-16(20)24)10-12(3)14(22)25-8-5-18-15(17)23/h10H,1,4-9H2,2-3H3,(H3-,17,18,19,23,24)/p+1. The van der Waals surface area contributed by atoms with E-state index in [1.807, 2.05) is 0 Å². The third-order valence-corrected chi connectivity index (χ3v) is 3.66. The molecule has 1 aliphatic heterocycles. The minimum absolute atomic E-state index is 0.000469. The van der Waals surface area contributed by atoms with Gasteiger partial charge in [-0.05, 0) is 13.8 Å². The molecule has 4 N–H and O–H groups in total. The molecule has 1 fully saturated rings. The first-order valence-electron chi connectivity index (χ1n) is 8.05. The lowest BCUT2D eigenvalue weighted by molar-refractivity contribution is -0.788. The minimum Gasteiger partial charge on any atom is -0.460 e. The summed E-state index contributed by atoms with van der Waals surface area (Å²) in [7, 11) is 0. The summed E-state index contributed by atoms with van der Waals surface area (Å²) in [6, 6.07) is -1.00. The van der Waals surface area contributed by atoms with Crippen molar-refractivity contribution >= 4 is 24.0 Å². The summed E-state index contributed by atoms with van der Waals surface area (Å²) < 4.78 is 9.88. The van der Waals surface area contributed by atoms with E-state index in [1.54, 1.807) is 0 Å². The third-order valence-electron chi connectivity index (χ3n) is 3.66. The van der Waals surface area contributed by atoms with Crippen LogP contribution in [0.5, 0.6) is 0 Å². The van der Waals surface area contributed by atoms with E-state index in [2.05, 4.69) is 17.2 Å². The zero-order valence-electron chi connectivity index (χ0n) is 15.0. The average Bonchev–Trinajstić information content (AvgIpc) is 2.91. The van der Waals surface area contributed by atoms with Crippen molar-refractivity contribution in [2.24, 2.45) is 5.73 Å². The Bertz CT molecular complexity index is 630. The fraction of sp³-hybridized carbons (Fsp3) is 0.500. The molecule has 10 nitrogen and oxygen atoms in total. The predicted molar refractivity (Wildman–Crippen MR) is 91.5 cm³/mol. The summed E-state index contributed by atoms with van der Waals surface area (Å²) in [5, 5.41) is 4.99. The number of carbonyl (C=O) groups excluding carboxylic acids is 4. The molecule has 0 aromatic rings. The summed E-state index contributed by atoms with van der Waals surface area (Å²) in [5.41, 5.74) is 5.40. The molecule has 4 amide bonds. The highest BCUT2D eigenvalue weighted by Crippen LogP contribution is 2.17. The fourth-order valence-corrected chi connectivity index (χ4v) is 2.30. The number of hydrogen-bond acceptors (Lipinski definition) is 6. The number of nitrogens with one attached hydrogen (secondary N) is 2. The molecule has 0 radical (unpaired) electrons. The molecule has 0 aromatic heterocycles. The van der Waals surface area contributed by atoms with E-state index < -0.39 is 18.0 Å². The van der Waals surface area contributed by atoms with Gasteiger partial charge in [0.1, 0.15) is 32.5 Å². The fourth-order valence-electron chi connectivity index (χ4n) is 2.30. The molecule has 144 valence electrons. The van der Waals surface area contributed by atoms with Gasteiger partial charge in [0.05, 0.1) is 18.7 Å². The number of primary amides is 1. The Morgan fingerprint density at radius 1 is 1.27 bits per heavy atom. The van der Waals surface area contributed by atoms with E-state index in [0.717, 1.165) is 0 Å². The molecule has 26 heavy (non-hydrogen) atoms. The molecule has 1 unspecified atom stereocenters. The van der Waals surface area contributed by atoms with E-state index in [-0.39, 0.29) is 48.0 Å². The van der Waals surface area contributed by atoms with Crippen molar-refractivity contribution in [3.63, 3.8) is 0 Å². The number of rotatable bonds is 9. The Morgan fingerprint density at radius 3 is 2.46 bits per heavy atom. The molecule has 1 rings (SSSR count). The van der Waals surface area contributed by atoms with Gasteiger partial charge in [0.15, 0.2) is 0 Å². The van der Waals surface area contributed by atoms with Crippen LogP contribution in [0.3, 0.4) is 0 Å². The maximum absolute atomic E-state index is 12.2. The molecular formula is C16H25N4O6+. The topological polar surface area (TPSA) is 137 Å². The highest BCUT2D eigenvalue weighted by molar-refractivity contribution is 5.88. The van der Waals surface area contributed by atoms with E-state index in [4.69, 9.17) is 15.2 Å². The molecule has 0 bridgehead atoms. The number of hydrogen-bond donors (Lipinski definition) is 3. The van der Waals surface area contributed by atoms with Crippen molar-refractivity contribution in [3.05, 3.63) is 23.9 Å². The number of nitrogens with two attached hydrogens (primary N) is 1. The van der Waals surface area contributed by atoms with Crippen LogP contribution in [0.25, 0.3) is 0 Å². The van der Waals surface area contributed by atoms with Gasteiger partial charge in [-0.1, -0.05) is 6.58 Å². The Balaban J connectivity index is 2.69. The first kappa shape index (κ1) is 21.2. The molecule has 1 heterocycles. The molecule has 1 aliphatic rings. The smallest absolute Gasteiger partial charge is 0.421 e. The van der Waals surface area contributed by atoms with Crippen molar-refractivity contribution in [1.29, 1.82) is 0 Å². The van der Waals surface area contributed by atoms with Gasteiger partial charge >= 0.3 is 24.0 Å². The van der Waals surface area contributed by atoms with Crippen LogP contribution in [0.1, 0.15) is 13.8 Å². The van der Waals surface area contributed by atoms with Gasteiger partial charge in [0.2, 0.25) is 0 Å². The normalized spacial score (nSPS) is 19.5. The maximum atomic E-state index is 12.2. The lowest BCUT2D eigenvalue weighted by atomic mass is 10.3. The van der Waals surface area contributed by atoms with Crippen molar-refractivity contribution in [2.75, 3.05) is 39.4 Å². The van der Waals surface area contributed by atoms with Crippen LogP contribution in [-0.2, 0) is 19.1 Å². The van der Waals surface area contributed by atoms with Gasteiger partial charge < -0.3 is 20.5 Å². The van der Waals surface area contributed by atoms with Crippen LogP contribution in [-0.4, -0.2) is 67.9 Å². The van der Waals surface area contributed by atoms with Crippen molar-refractivity contribution in [3.8, 4) is 0 Å². The molecule has 1 atom stereocenters. The SMILES string of the molecule is C=C(C)C(=O)OCC[N+]1(C=C(C)C(=O)OCCNC(N)=O)CCNC1=O. The summed E-state index contributed by atoms with van der Waals surface area (Å²) in [5.74, 6) is -1.16. The third kappa shape index (κ3) is 6.20. The number of urea groups is 2. The summed E-state index contributed by atoms with van der Waals surface area (Å²) >= 11 is 0. The summed E-state index contributed by atoms with van der Waals surface area (Å²) in [6.45, 7) is 7.62. The Hall–Kier alpha value is -2.88. The lowest BCUT2D eigenvalue weighted by Crippen LogP contribution is -2.48. The van der Waals surface area contributed by atoms with Gasteiger partial charge in [-0.15, -0.1) is 0 Å². The molecule has 0 aliphatic carbocycles. The predicted octanol–water partition coefficient (Wildman–Crippen LogP) is -0.239. The van der Waals surface area contributed by atoms with Gasteiger partial charge in [0.25, 0.3) is 0 Å². The van der Waals surface area contributed by atoms with Crippen molar-refractivity contribution < 1.29 is 33.1 Å². The Kier molecular flexibility index (Phi) is 7.78. The zero-order chi connectivity index (χ0) is 19.7. The van der Waals surface area contributed by atoms with Gasteiger partial charge in [0, 0.05) is 5.57 Å². The molecule has 0 aromatic carbocycles. The number of carbonyl (C=O) groups is 4. The van der Waals surface area contributed by atoms with Crippen molar-refractivity contribution in [1.82, 2.24) is 10.6 Å². The van der Waals surface area contributed by atoms with Crippen LogP contribution in [0.15, 0.2) is 23.9 Å². The van der Waals surface area contributed by atoms with Gasteiger partial charge in [-0.25, -0.2) is 23.7 Å². The monoisotopic (exact) mass is 369 g/mol. The summed E-state index contributed by atoms with van der Waals surface area (Å²) in [4.78, 5) is 46.3. The highest BCUT2D eigenvalue weighted by atomic mass is 16.5. The van der Waals surface area contributed by atoms with E-state index in [0.29, 0.717) is 13.1 Å². The number of amides is 4. The van der Waals surface area contributed by atoms with Gasteiger partial charge in [-0.2, -0.15) is 0 Å². The second-order valence-corrected chi connectivity index (χ2v) is 5.87. The first-order chi connectivity index (χ1) is 12.2. The van der Waals surface area contributed by atoms with Crippen LogP contribution in [0.4, 0.5) is 9.59 Å². The average molecular weight is 369 g/mol. The quantitative estimate of drug-likeness (QED) is 0.222. The number of quaternary nitrogens is 1. The van der Waals surface area contributed by atoms with Crippen molar-refractivity contribution in [2.45, 2.75) is 13.8 Å². The summed E-state index contributed by atoms with van der Waals surface area (Å²) in [6.07, 6.45) is 1.49. The number of esters is 2. The Morgan fingerprint density at radius 2 is 1.92 bits per heavy atom. The minimum atomic E-state index is -0.712. The molecule has 1 saturated heterocycles. The second-order valence-electron chi connectivity index (χ2n) is 5.87. The number of ether oxygens (including phenoxy) is 2. The highest BCUT2D eigenvalue weighted by Gasteiger charge is 2.41. The van der Waals surface area contributed by atoms with Crippen LogP contribution >= 0.6 is 0 Å². The molecule has 0 spiro atoms.